The first kappa shape index (κ1) is 34.6. The van der Waals surface area contributed by atoms with Gasteiger partial charge < -0.3 is 18.9 Å². The summed E-state index contributed by atoms with van der Waals surface area (Å²) in [6, 6.07) is 10.3. The maximum atomic E-state index is 15.4. The van der Waals surface area contributed by atoms with Gasteiger partial charge in [0.1, 0.15) is 23.1 Å². The van der Waals surface area contributed by atoms with Gasteiger partial charge in [-0.2, -0.15) is 0 Å². The molecule has 0 unspecified atom stereocenters. The molecule has 10 heteroatoms. The summed E-state index contributed by atoms with van der Waals surface area (Å²) in [4.78, 5) is 48.5. The van der Waals surface area contributed by atoms with Crippen molar-refractivity contribution in [2.45, 2.75) is 27.7 Å². The van der Waals surface area contributed by atoms with Crippen LogP contribution in [-0.2, 0) is 19.2 Å². The van der Waals surface area contributed by atoms with Gasteiger partial charge in [-0.05, 0) is 57.5 Å². The van der Waals surface area contributed by atoms with Crippen LogP contribution in [0.25, 0.3) is 23.3 Å². The van der Waals surface area contributed by atoms with Gasteiger partial charge in [-0.25, -0.2) is 28.0 Å². The van der Waals surface area contributed by atoms with E-state index in [2.05, 4.69) is 26.3 Å². The van der Waals surface area contributed by atoms with Crippen molar-refractivity contribution in [1.29, 1.82) is 0 Å². The number of ether oxygens (including phenoxy) is 4. The van der Waals surface area contributed by atoms with Crippen LogP contribution in [0.2, 0.25) is 0 Å². The third-order valence-electron chi connectivity index (χ3n) is 5.98. The second-order valence-corrected chi connectivity index (χ2v) is 10.2. The Balaban J connectivity index is 2.01. The maximum Gasteiger partial charge on any atom is 0.338 e. The van der Waals surface area contributed by atoms with Crippen molar-refractivity contribution in [3.63, 3.8) is 0 Å². The number of rotatable bonds is 11. The normalized spacial score (nSPS) is 10.6. The number of halogens is 2. The fraction of sp³-hybridized carbons (Fsp3) is 0.111. The maximum absolute atomic E-state index is 15.4. The number of hydrogen-bond acceptors (Lipinski definition) is 8. The number of carbonyl (C=O) groups excluding carboxylic acids is 4. The molecule has 0 spiro atoms. The number of hydrogen-bond donors (Lipinski definition) is 0. The van der Waals surface area contributed by atoms with Crippen molar-refractivity contribution >= 4 is 36.0 Å². The number of esters is 4. The lowest BCUT2D eigenvalue weighted by molar-refractivity contribution is -0.131. The van der Waals surface area contributed by atoms with E-state index in [1.165, 1.54) is 70.2 Å². The highest BCUT2D eigenvalue weighted by Gasteiger charge is 2.19. The predicted molar refractivity (Wildman–Crippen MR) is 169 cm³/mol. The molecule has 236 valence electrons. The standard InChI is InChI=1S/C36H30F2O8/c1-19(2)33(39)43-26-13-14-27(31(17-26)45-35(41)21(5)6)24-11-9-23(28(37)15-24)10-12-25-16-29(38)32(46-36(42)22(7)8)18-30(25)44-34(40)20(3)4/h9-18H,1,3,5,7H2,2,4,6,8H3. The fourth-order valence-corrected chi connectivity index (χ4v) is 3.50. The molecule has 0 atom stereocenters. The van der Waals surface area contributed by atoms with Crippen LogP contribution in [0.3, 0.4) is 0 Å². The van der Waals surface area contributed by atoms with E-state index in [0.29, 0.717) is 11.1 Å². The second kappa shape index (κ2) is 14.7. The van der Waals surface area contributed by atoms with Crippen molar-refractivity contribution in [2.24, 2.45) is 0 Å². The van der Waals surface area contributed by atoms with Gasteiger partial charge in [-0.1, -0.05) is 50.6 Å². The highest BCUT2D eigenvalue weighted by atomic mass is 19.1. The van der Waals surface area contributed by atoms with Crippen LogP contribution in [0.1, 0.15) is 38.8 Å². The third kappa shape index (κ3) is 8.82. The molecule has 0 radical (unpaired) electrons. The van der Waals surface area contributed by atoms with Gasteiger partial charge in [-0.15, -0.1) is 0 Å². The number of benzene rings is 3. The van der Waals surface area contributed by atoms with E-state index in [1.807, 2.05) is 0 Å². The fourth-order valence-electron chi connectivity index (χ4n) is 3.50. The zero-order valence-electron chi connectivity index (χ0n) is 25.6. The Labute approximate surface area is 264 Å². The average molecular weight is 629 g/mol. The van der Waals surface area contributed by atoms with E-state index in [0.717, 1.165) is 12.1 Å². The molecule has 0 aliphatic rings. The molecule has 3 rings (SSSR count). The molecule has 46 heavy (non-hydrogen) atoms. The summed E-state index contributed by atoms with van der Waals surface area (Å²) in [7, 11) is 0. The Morgan fingerprint density at radius 3 is 1.59 bits per heavy atom. The lowest BCUT2D eigenvalue weighted by Crippen LogP contribution is -2.12. The first-order chi connectivity index (χ1) is 21.6. The summed E-state index contributed by atoms with van der Waals surface area (Å²) >= 11 is 0. The molecule has 0 aliphatic carbocycles. The van der Waals surface area contributed by atoms with Crippen LogP contribution >= 0.6 is 0 Å². The van der Waals surface area contributed by atoms with Gasteiger partial charge in [0.15, 0.2) is 11.6 Å². The first-order valence-electron chi connectivity index (χ1n) is 13.5. The van der Waals surface area contributed by atoms with Crippen LogP contribution in [0.5, 0.6) is 23.0 Å². The molecule has 3 aromatic carbocycles. The molecule has 0 amide bonds. The van der Waals surface area contributed by atoms with Gasteiger partial charge >= 0.3 is 23.9 Å². The van der Waals surface area contributed by atoms with E-state index in [9.17, 15) is 23.6 Å². The van der Waals surface area contributed by atoms with Gasteiger partial charge in [0.25, 0.3) is 0 Å². The molecule has 0 fully saturated rings. The third-order valence-corrected chi connectivity index (χ3v) is 5.98. The summed E-state index contributed by atoms with van der Waals surface area (Å²) in [6.07, 6.45) is 2.62. The van der Waals surface area contributed by atoms with Crippen LogP contribution in [0.15, 0.2) is 97.1 Å². The van der Waals surface area contributed by atoms with Crippen LogP contribution in [0, 0.1) is 11.6 Å². The second-order valence-electron chi connectivity index (χ2n) is 10.2. The summed E-state index contributed by atoms with van der Waals surface area (Å²) in [5.74, 6) is -5.44. The Kier molecular flexibility index (Phi) is 11.1. The summed E-state index contributed by atoms with van der Waals surface area (Å²) < 4.78 is 51.2. The van der Waals surface area contributed by atoms with Crippen molar-refractivity contribution in [3.8, 4) is 34.1 Å². The molecular formula is C36H30F2O8. The monoisotopic (exact) mass is 628 g/mol. The van der Waals surface area contributed by atoms with E-state index in [-0.39, 0.29) is 50.7 Å². The van der Waals surface area contributed by atoms with Crippen molar-refractivity contribution in [1.82, 2.24) is 0 Å². The molecule has 0 aromatic heterocycles. The minimum Gasteiger partial charge on any atom is -0.423 e. The van der Waals surface area contributed by atoms with E-state index in [4.69, 9.17) is 18.9 Å². The van der Waals surface area contributed by atoms with Crippen molar-refractivity contribution in [2.75, 3.05) is 0 Å². The molecule has 0 aliphatic heterocycles. The topological polar surface area (TPSA) is 105 Å². The Hall–Kier alpha value is -5.90. The van der Waals surface area contributed by atoms with Crippen LogP contribution < -0.4 is 18.9 Å². The van der Waals surface area contributed by atoms with Gasteiger partial charge in [0.05, 0.1) is 0 Å². The minimum absolute atomic E-state index is 0.0189. The van der Waals surface area contributed by atoms with E-state index < -0.39 is 41.3 Å². The van der Waals surface area contributed by atoms with Crippen molar-refractivity contribution < 1.29 is 46.9 Å². The molecule has 0 saturated heterocycles. The first-order valence-corrected chi connectivity index (χ1v) is 13.5. The molecule has 0 saturated carbocycles. The molecule has 3 aromatic rings. The molecule has 0 N–H and O–H groups in total. The van der Waals surface area contributed by atoms with Crippen molar-refractivity contribution in [3.05, 3.63) is 120 Å². The number of carbonyl (C=O) groups is 4. The smallest absolute Gasteiger partial charge is 0.338 e. The molecule has 8 nitrogen and oxygen atoms in total. The lowest BCUT2D eigenvalue weighted by atomic mass is 10.0. The Morgan fingerprint density at radius 2 is 1.04 bits per heavy atom. The van der Waals surface area contributed by atoms with Crippen LogP contribution in [0.4, 0.5) is 8.78 Å². The van der Waals surface area contributed by atoms with Gasteiger partial charge in [0.2, 0.25) is 0 Å². The Morgan fingerprint density at radius 1 is 0.543 bits per heavy atom. The van der Waals surface area contributed by atoms with Crippen LogP contribution in [-0.4, -0.2) is 23.9 Å². The summed E-state index contributed by atoms with van der Waals surface area (Å²) in [5.41, 5.74) is 1.03. The summed E-state index contributed by atoms with van der Waals surface area (Å²) in [5, 5.41) is 0. The zero-order chi connectivity index (χ0) is 34.3. The average Bonchev–Trinajstić information content (AvgIpc) is 2.98. The zero-order valence-corrected chi connectivity index (χ0v) is 25.6. The van der Waals surface area contributed by atoms with Gasteiger partial charge in [-0.3, -0.25) is 0 Å². The minimum atomic E-state index is -0.950. The van der Waals surface area contributed by atoms with E-state index in [1.54, 1.807) is 6.07 Å². The Bertz CT molecular complexity index is 1850. The highest BCUT2D eigenvalue weighted by Crippen LogP contribution is 2.36. The highest BCUT2D eigenvalue weighted by molar-refractivity contribution is 5.92. The molecular weight excluding hydrogens is 598 g/mol. The SMILES string of the molecule is C=C(C)C(=O)Oc1ccc(-c2ccc(C=Cc3cc(F)c(OC(=O)C(=C)C)cc3OC(=O)C(=C)C)c(F)c2)c(OC(=O)C(=C)C)c1. The largest absolute Gasteiger partial charge is 0.423 e. The van der Waals surface area contributed by atoms with Gasteiger partial charge in [0, 0.05) is 51.1 Å². The molecule has 0 heterocycles. The predicted octanol–water partition coefficient (Wildman–Crippen LogP) is 7.73. The quantitative estimate of drug-likeness (QED) is 0.0920. The summed E-state index contributed by atoms with van der Waals surface area (Å²) in [6.45, 7) is 19.8. The van der Waals surface area contributed by atoms with E-state index >= 15 is 4.39 Å². The lowest BCUT2D eigenvalue weighted by Gasteiger charge is -2.13. The molecule has 0 bridgehead atoms.